The lowest BCUT2D eigenvalue weighted by molar-refractivity contribution is 0.769. The molecule has 21 aromatic rings. The van der Waals surface area contributed by atoms with Crippen LogP contribution in [0.15, 0.2) is 516 Å². The molecule has 0 saturated carbocycles. The summed E-state index contributed by atoms with van der Waals surface area (Å²) < 4.78 is 0. The molecular formula is C128H88. The van der Waals surface area contributed by atoms with Crippen LogP contribution in [0, 0.1) is 6.92 Å². The summed E-state index contributed by atoms with van der Waals surface area (Å²) in [5.41, 5.74) is 46.2. The van der Waals surface area contributed by atoms with Crippen molar-refractivity contribution in [1.29, 1.82) is 0 Å². The third-order valence-electron chi connectivity index (χ3n) is 25.8. The Hall–Kier alpha value is -16.4. The summed E-state index contributed by atoms with van der Waals surface area (Å²) in [6, 6.07) is 193. The summed E-state index contributed by atoms with van der Waals surface area (Å²) in [5.74, 6) is 0. The quantitative estimate of drug-likeness (QED) is 0.0757. The average Bonchev–Trinajstić information content (AvgIpc) is 1.51. The van der Waals surface area contributed by atoms with Gasteiger partial charge in [0.2, 0.25) is 0 Å². The van der Waals surface area contributed by atoms with Gasteiger partial charge in [0, 0.05) is 0 Å². The first-order chi connectivity index (χ1) is 63.3. The van der Waals surface area contributed by atoms with E-state index in [0.29, 0.717) is 0 Å². The van der Waals surface area contributed by atoms with Crippen LogP contribution in [0.5, 0.6) is 0 Å². The van der Waals surface area contributed by atoms with Crippen molar-refractivity contribution in [1.82, 2.24) is 0 Å². The van der Waals surface area contributed by atoms with Crippen molar-refractivity contribution in [3.05, 3.63) is 543 Å². The molecule has 600 valence electrons. The van der Waals surface area contributed by atoms with Crippen molar-refractivity contribution in [2.75, 3.05) is 0 Å². The summed E-state index contributed by atoms with van der Waals surface area (Å²) in [6.45, 7) is 2.26. The summed E-state index contributed by atoms with van der Waals surface area (Å²) in [5, 5.41) is 0. The first-order valence-corrected chi connectivity index (χ1v) is 44.4. The molecule has 0 N–H and O–H groups in total. The van der Waals surface area contributed by atoms with Crippen LogP contribution in [0.25, 0.3) is 200 Å². The summed E-state index contributed by atoms with van der Waals surface area (Å²) >= 11 is 0. The molecule has 0 saturated heterocycles. The van der Waals surface area contributed by atoms with E-state index in [9.17, 15) is 0 Å². The van der Waals surface area contributed by atoms with Crippen LogP contribution in [0.4, 0.5) is 0 Å². The average molecular weight is 1630 g/mol. The van der Waals surface area contributed by atoms with Gasteiger partial charge in [-0.2, -0.15) is 0 Å². The van der Waals surface area contributed by atoms with E-state index in [1.165, 1.54) is 77.9 Å². The fourth-order valence-electron chi connectivity index (χ4n) is 19.6. The van der Waals surface area contributed by atoms with Crippen LogP contribution in [0.1, 0.15) is 27.8 Å². The van der Waals surface area contributed by atoms with Gasteiger partial charge in [-0.15, -0.1) is 0 Å². The van der Waals surface area contributed by atoms with E-state index in [-0.39, 0.29) is 0 Å². The molecule has 0 heteroatoms. The fraction of sp³-hybridized carbons (Fsp3) is 0.0156. The molecule has 1 aliphatic rings. The second kappa shape index (κ2) is 34.0. The predicted molar refractivity (Wildman–Crippen MR) is 541 cm³/mol. The second-order valence-electron chi connectivity index (χ2n) is 33.9. The SMILES string of the molecule is Cc1ccc2c(c1)-c1c(-c3ccccc3)cccc1C2(c1cc(-c2cccc(-c3cc(-c4ccccc4)cc(-c4ccccc4)c3)c2)cc(-c2cccc(-c3cc(-c4ccccc4)cc(-c4ccccc4)c3)c2)c1)c1cc(-c2cccc(-c3cc(-c4ccccc4)cc(-c4ccccc4)c3)c2)cc(-c2cccc(-c3cc(-c4ccccc4)cc(-c4ccccc4)c3)c2)c1. The first-order valence-electron chi connectivity index (χ1n) is 44.4. The molecule has 1 aliphatic carbocycles. The van der Waals surface area contributed by atoms with Crippen LogP contribution in [0.3, 0.4) is 0 Å². The van der Waals surface area contributed by atoms with Gasteiger partial charge < -0.3 is 0 Å². The normalized spacial score (nSPS) is 11.9. The zero-order valence-electron chi connectivity index (χ0n) is 71.1. The van der Waals surface area contributed by atoms with Gasteiger partial charge in [-0.1, -0.05) is 388 Å². The minimum Gasteiger partial charge on any atom is -0.0622 e. The highest BCUT2D eigenvalue weighted by molar-refractivity contribution is 5.99. The molecule has 0 aliphatic heterocycles. The molecule has 0 nitrogen and oxygen atoms in total. The van der Waals surface area contributed by atoms with Gasteiger partial charge in [0.25, 0.3) is 0 Å². The number of aryl methyl sites for hydroxylation is 1. The Morgan fingerprint density at radius 2 is 0.297 bits per heavy atom. The van der Waals surface area contributed by atoms with Crippen molar-refractivity contribution in [3.8, 4) is 200 Å². The Balaban J connectivity index is 0.822. The van der Waals surface area contributed by atoms with Gasteiger partial charge in [0.05, 0.1) is 5.41 Å². The largest absolute Gasteiger partial charge is 0.0714 e. The maximum Gasteiger partial charge on any atom is 0.0714 e. The summed E-state index contributed by atoms with van der Waals surface area (Å²) in [6.07, 6.45) is 0. The van der Waals surface area contributed by atoms with Crippen molar-refractivity contribution >= 4 is 0 Å². The lowest BCUT2D eigenvalue weighted by Gasteiger charge is -2.36. The Morgan fingerprint density at radius 1 is 0.117 bits per heavy atom. The topological polar surface area (TPSA) is 0 Å². The van der Waals surface area contributed by atoms with Crippen LogP contribution in [-0.2, 0) is 5.41 Å². The maximum absolute atomic E-state index is 2.56. The Bertz CT molecular complexity index is 6670. The van der Waals surface area contributed by atoms with Crippen LogP contribution in [-0.4, -0.2) is 0 Å². The van der Waals surface area contributed by atoms with Crippen LogP contribution in [0.2, 0.25) is 0 Å². The highest BCUT2D eigenvalue weighted by atomic mass is 14.5. The molecule has 0 atom stereocenters. The lowest BCUT2D eigenvalue weighted by atomic mass is 9.66. The van der Waals surface area contributed by atoms with Gasteiger partial charge in [-0.3, -0.25) is 0 Å². The van der Waals surface area contributed by atoms with Gasteiger partial charge >= 0.3 is 0 Å². The zero-order valence-corrected chi connectivity index (χ0v) is 71.1. The standard InChI is InChI=1S/C128H88/c1-87-62-63-125-124(64-87)127-123(96-50-27-10-28-51-96)60-33-61-126(127)128(125,121-83-117(101-56-29-52-97(65-101)113-73-105(88-34-11-2-12-35-88)69-106(74-113)89-36-13-3-14-37-89)81-118(84-121)102-57-30-53-98(66-102)114-75-107(90-38-15-4-16-39-90)70-108(76-114)91-40-17-5-18-41-91)122-85-119(103-58-31-54-99(67-103)115-77-109(92-42-19-6-20-43-92)71-110(78-115)93-44-21-7-22-45-93)82-120(86-122)104-59-32-55-100(68-104)116-79-111(94-46-23-8-24-47-94)72-112(80-116)95-48-25-9-26-49-95/h2-86H,1H3. The fourth-order valence-corrected chi connectivity index (χ4v) is 19.6. The molecule has 128 heavy (non-hydrogen) atoms. The Kier molecular flexibility index (Phi) is 20.7. The first kappa shape index (κ1) is 77.7. The summed E-state index contributed by atoms with van der Waals surface area (Å²) in [4.78, 5) is 0. The van der Waals surface area contributed by atoms with Crippen LogP contribution < -0.4 is 0 Å². The molecule has 0 fully saturated rings. The number of hydrogen-bond donors (Lipinski definition) is 0. The Labute approximate surface area is 750 Å². The summed E-state index contributed by atoms with van der Waals surface area (Å²) in [7, 11) is 0. The van der Waals surface area contributed by atoms with Gasteiger partial charge in [0.15, 0.2) is 0 Å². The molecule has 0 radical (unpaired) electrons. The molecule has 0 unspecified atom stereocenters. The van der Waals surface area contributed by atoms with E-state index < -0.39 is 5.41 Å². The van der Waals surface area contributed by atoms with Crippen molar-refractivity contribution < 1.29 is 0 Å². The second-order valence-corrected chi connectivity index (χ2v) is 33.9. The lowest BCUT2D eigenvalue weighted by Crippen LogP contribution is -2.29. The third kappa shape index (κ3) is 15.3. The van der Waals surface area contributed by atoms with E-state index in [0.717, 1.165) is 150 Å². The highest BCUT2D eigenvalue weighted by Crippen LogP contribution is 2.61. The van der Waals surface area contributed by atoms with Gasteiger partial charge in [-0.25, -0.2) is 0 Å². The number of rotatable bonds is 19. The molecule has 0 bridgehead atoms. The molecule has 0 spiro atoms. The van der Waals surface area contributed by atoms with E-state index in [1.807, 2.05) is 0 Å². The van der Waals surface area contributed by atoms with E-state index in [2.05, 4.69) is 523 Å². The monoisotopic (exact) mass is 1620 g/mol. The third-order valence-corrected chi connectivity index (χ3v) is 25.8. The predicted octanol–water partition coefficient (Wildman–Crippen LogP) is 34.7. The maximum atomic E-state index is 2.56. The number of fused-ring (bicyclic) bond motifs is 3. The Morgan fingerprint density at radius 3 is 0.523 bits per heavy atom. The van der Waals surface area contributed by atoms with Crippen LogP contribution >= 0.6 is 0 Å². The highest BCUT2D eigenvalue weighted by Gasteiger charge is 2.48. The van der Waals surface area contributed by atoms with E-state index in [4.69, 9.17) is 0 Å². The van der Waals surface area contributed by atoms with Gasteiger partial charge in [0.1, 0.15) is 0 Å². The molecular weight excluding hydrogens is 1540 g/mol. The van der Waals surface area contributed by atoms with Crippen molar-refractivity contribution in [2.24, 2.45) is 0 Å². The molecule has 0 aromatic heterocycles. The minimum absolute atomic E-state index is 1.00. The van der Waals surface area contributed by atoms with Crippen molar-refractivity contribution in [2.45, 2.75) is 12.3 Å². The number of hydrogen-bond acceptors (Lipinski definition) is 0. The van der Waals surface area contributed by atoms with E-state index in [1.54, 1.807) is 0 Å². The molecule has 22 rings (SSSR count). The molecule has 21 aromatic carbocycles. The molecule has 0 amide bonds. The number of benzene rings is 21. The zero-order chi connectivity index (χ0) is 85.3. The smallest absolute Gasteiger partial charge is 0.0622 e. The van der Waals surface area contributed by atoms with Gasteiger partial charge in [-0.05, 0) is 363 Å². The van der Waals surface area contributed by atoms with E-state index >= 15 is 0 Å². The molecule has 0 heterocycles. The minimum atomic E-state index is -1.00. The van der Waals surface area contributed by atoms with Crippen molar-refractivity contribution in [3.63, 3.8) is 0 Å².